The van der Waals surface area contributed by atoms with E-state index in [1.54, 1.807) is 25.3 Å². The van der Waals surface area contributed by atoms with Crippen LogP contribution in [0.4, 0.5) is 13.2 Å². The number of pyridine rings is 1. The van der Waals surface area contributed by atoms with Crippen LogP contribution in [0, 0.1) is 6.92 Å². The molecule has 0 aliphatic rings. The summed E-state index contributed by atoms with van der Waals surface area (Å²) in [6, 6.07) is 1.65. The van der Waals surface area contributed by atoms with Crippen molar-refractivity contribution in [2.24, 2.45) is 0 Å². The van der Waals surface area contributed by atoms with Crippen LogP contribution in [0.25, 0.3) is 0 Å². The highest BCUT2D eigenvalue weighted by molar-refractivity contribution is 5.31. The van der Waals surface area contributed by atoms with Gasteiger partial charge >= 0.3 is 6.18 Å². The van der Waals surface area contributed by atoms with Crippen molar-refractivity contribution in [1.82, 2.24) is 4.98 Å². The Bertz CT molecular complexity index is 369. The Kier molecular flexibility index (Phi) is 4.10. The number of nitrogens with zero attached hydrogens (tertiary/aromatic N) is 1. The third-order valence-electron chi connectivity index (χ3n) is 2.39. The van der Waals surface area contributed by atoms with Crippen LogP contribution in [-0.4, -0.2) is 11.2 Å². The van der Waals surface area contributed by atoms with Gasteiger partial charge in [-0.25, -0.2) is 0 Å². The van der Waals surface area contributed by atoms with E-state index < -0.39 is 12.6 Å². The standard InChI is InChI=1S/C12H14F3N/c1-3-4-11-9(2)16-8-6-10(11)5-7-12(13,14)15/h3,6,8H,1,4-5,7H2,2H3. The molecule has 0 atom stereocenters. The molecular formula is C12H14F3N. The largest absolute Gasteiger partial charge is 0.389 e. The Balaban J connectivity index is 2.86. The molecule has 0 aromatic carbocycles. The van der Waals surface area contributed by atoms with Crippen LogP contribution < -0.4 is 0 Å². The van der Waals surface area contributed by atoms with E-state index in [4.69, 9.17) is 0 Å². The van der Waals surface area contributed by atoms with Crippen LogP contribution in [0.15, 0.2) is 24.9 Å². The van der Waals surface area contributed by atoms with E-state index in [0.717, 1.165) is 11.3 Å². The minimum atomic E-state index is -4.11. The lowest BCUT2D eigenvalue weighted by atomic mass is 10.00. The summed E-state index contributed by atoms with van der Waals surface area (Å²) in [4.78, 5) is 4.07. The van der Waals surface area contributed by atoms with Crippen molar-refractivity contribution in [3.8, 4) is 0 Å². The molecule has 0 amide bonds. The van der Waals surface area contributed by atoms with Crippen molar-refractivity contribution in [3.63, 3.8) is 0 Å². The molecule has 0 fully saturated rings. The van der Waals surface area contributed by atoms with Crippen LogP contribution in [0.5, 0.6) is 0 Å². The van der Waals surface area contributed by atoms with Gasteiger partial charge in [0.25, 0.3) is 0 Å². The summed E-state index contributed by atoms with van der Waals surface area (Å²) >= 11 is 0. The molecule has 0 N–H and O–H groups in total. The van der Waals surface area contributed by atoms with E-state index >= 15 is 0 Å². The Morgan fingerprint density at radius 1 is 1.44 bits per heavy atom. The lowest BCUT2D eigenvalue weighted by molar-refractivity contribution is -0.134. The fourth-order valence-corrected chi connectivity index (χ4v) is 1.58. The van der Waals surface area contributed by atoms with E-state index in [9.17, 15) is 13.2 Å². The first kappa shape index (κ1) is 12.7. The predicted octanol–water partition coefficient (Wildman–Crippen LogP) is 3.61. The third-order valence-corrected chi connectivity index (χ3v) is 2.39. The highest BCUT2D eigenvalue weighted by Gasteiger charge is 2.26. The zero-order valence-electron chi connectivity index (χ0n) is 9.14. The Hall–Kier alpha value is -1.32. The molecule has 0 radical (unpaired) electrons. The molecule has 1 heterocycles. The maximum atomic E-state index is 12.1. The molecule has 0 saturated heterocycles. The molecule has 0 unspecified atom stereocenters. The van der Waals surface area contributed by atoms with Crippen LogP contribution >= 0.6 is 0 Å². The molecule has 1 rings (SSSR count). The fraction of sp³-hybridized carbons (Fsp3) is 0.417. The topological polar surface area (TPSA) is 12.9 Å². The second kappa shape index (κ2) is 5.14. The summed E-state index contributed by atoms with van der Waals surface area (Å²) in [6.45, 7) is 5.40. The monoisotopic (exact) mass is 229 g/mol. The quantitative estimate of drug-likeness (QED) is 0.719. The van der Waals surface area contributed by atoms with Gasteiger partial charge in [-0.1, -0.05) is 6.08 Å². The number of alkyl halides is 3. The summed E-state index contributed by atoms with van der Waals surface area (Å²) in [6.07, 6.45) is -1.10. The summed E-state index contributed by atoms with van der Waals surface area (Å²) in [5.41, 5.74) is 2.35. The maximum Gasteiger partial charge on any atom is 0.389 e. The van der Waals surface area contributed by atoms with Gasteiger partial charge in [0.1, 0.15) is 0 Å². The van der Waals surface area contributed by atoms with E-state index in [1.807, 2.05) is 0 Å². The van der Waals surface area contributed by atoms with Gasteiger partial charge in [0.2, 0.25) is 0 Å². The normalized spacial score (nSPS) is 11.5. The molecule has 0 saturated carbocycles. The molecule has 1 aromatic heterocycles. The minimum Gasteiger partial charge on any atom is -0.261 e. The first-order valence-corrected chi connectivity index (χ1v) is 5.05. The van der Waals surface area contributed by atoms with Crippen molar-refractivity contribution in [1.29, 1.82) is 0 Å². The lowest BCUT2D eigenvalue weighted by Crippen LogP contribution is -2.10. The van der Waals surface area contributed by atoms with Gasteiger partial charge in [0.15, 0.2) is 0 Å². The van der Waals surface area contributed by atoms with Gasteiger partial charge in [0.05, 0.1) is 0 Å². The molecule has 0 bridgehead atoms. The molecular weight excluding hydrogens is 215 g/mol. The summed E-state index contributed by atoms with van der Waals surface area (Å²) < 4.78 is 36.4. The van der Waals surface area contributed by atoms with Gasteiger partial charge in [0, 0.05) is 18.3 Å². The van der Waals surface area contributed by atoms with Crippen molar-refractivity contribution in [3.05, 3.63) is 41.7 Å². The zero-order chi connectivity index (χ0) is 12.2. The Morgan fingerprint density at radius 2 is 2.12 bits per heavy atom. The zero-order valence-corrected chi connectivity index (χ0v) is 9.14. The second-order valence-corrected chi connectivity index (χ2v) is 3.64. The van der Waals surface area contributed by atoms with Crippen molar-refractivity contribution < 1.29 is 13.2 Å². The third kappa shape index (κ3) is 3.68. The highest BCUT2D eigenvalue weighted by atomic mass is 19.4. The summed E-state index contributed by atoms with van der Waals surface area (Å²) in [5.74, 6) is 0. The molecule has 0 aliphatic carbocycles. The lowest BCUT2D eigenvalue weighted by Gasteiger charge is -2.11. The maximum absolute atomic E-state index is 12.1. The number of aryl methyl sites for hydroxylation is 2. The van der Waals surface area contributed by atoms with Crippen LogP contribution in [0.2, 0.25) is 0 Å². The molecule has 0 aliphatic heterocycles. The number of allylic oxidation sites excluding steroid dienone is 1. The molecule has 16 heavy (non-hydrogen) atoms. The van der Waals surface area contributed by atoms with Gasteiger partial charge in [-0.15, -0.1) is 6.58 Å². The van der Waals surface area contributed by atoms with Gasteiger partial charge in [-0.05, 0) is 37.0 Å². The average Bonchev–Trinajstić information content (AvgIpc) is 2.18. The van der Waals surface area contributed by atoms with Gasteiger partial charge in [-0.2, -0.15) is 13.2 Å². The van der Waals surface area contributed by atoms with Crippen LogP contribution in [0.3, 0.4) is 0 Å². The van der Waals surface area contributed by atoms with Crippen LogP contribution in [0.1, 0.15) is 23.2 Å². The first-order chi connectivity index (χ1) is 7.44. The number of aromatic nitrogens is 1. The van der Waals surface area contributed by atoms with Gasteiger partial charge in [-0.3, -0.25) is 4.98 Å². The Labute approximate surface area is 93.0 Å². The summed E-state index contributed by atoms with van der Waals surface area (Å²) in [7, 11) is 0. The number of hydrogen-bond donors (Lipinski definition) is 0. The predicted molar refractivity (Wildman–Crippen MR) is 57.3 cm³/mol. The number of hydrogen-bond acceptors (Lipinski definition) is 1. The van der Waals surface area contributed by atoms with Crippen molar-refractivity contribution in [2.45, 2.75) is 32.4 Å². The van der Waals surface area contributed by atoms with E-state index in [1.165, 1.54) is 0 Å². The van der Waals surface area contributed by atoms with E-state index in [-0.39, 0.29) is 6.42 Å². The fourth-order valence-electron chi connectivity index (χ4n) is 1.58. The van der Waals surface area contributed by atoms with Crippen LogP contribution in [-0.2, 0) is 12.8 Å². The molecule has 1 nitrogen and oxygen atoms in total. The molecule has 88 valence electrons. The molecule has 0 spiro atoms. The smallest absolute Gasteiger partial charge is 0.261 e. The van der Waals surface area contributed by atoms with Crippen molar-refractivity contribution in [2.75, 3.05) is 0 Å². The molecule has 1 aromatic rings. The SMILES string of the molecule is C=CCc1c(CCC(F)(F)F)ccnc1C. The number of halogens is 3. The summed E-state index contributed by atoms with van der Waals surface area (Å²) in [5, 5.41) is 0. The highest BCUT2D eigenvalue weighted by Crippen LogP contribution is 2.24. The second-order valence-electron chi connectivity index (χ2n) is 3.64. The first-order valence-electron chi connectivity index (χ1n) is 5.05. The van der Waals surface area contributed by atoms with Gasteiger partial charge < -0.3 is 0 Å². The minimum absolute atomic E-state index is 0.00995. The van der Waals surface area contributed by atoms with E-state index in [2.05, 4.69) is 11.6 Å². The number of rotatable bonds is 4. The average molecular weight is 229 g/mol. The van der Waals surface area contributed by atoms with E-state index in [0.29, 0.717) is 12.0 Å². The van der Waals surface area contributed by atoms with Crippen molar-refractivity contribution >= 4 is 0 Å². The molecule has 4 heteroatoms. The Morgan fingerprint density at radius 3 is 2.69 bits per heavy atom.